The average molecular weight is 107 g/mol. The van der Waals surface area contributed by atoms with Crippen molar-refractivity contribution in [2.45, 2.75) is 0 Å². The Morgan fingerprint density at radius 3 is 1.75 bits per heavy atom. The smallest absolute Gasteiger partial charge is 0.870 e. The van der Waals surface area contributed by atoms with Crippen LogP contribution < -0.4 is 0 Å². The maximum atomic E-state index is 7.43. The van der Waals surface area contributed by atoms with Gasteiger partial charge >= 0.3 is 26.4 Å². The summed E-state index contributed by atoms with van der Waals surface area (Å²) in [7, 11) is 0. The maximum Gasteiger partial charge on any atom is -0.870 e. The number of aliphatic hydroxyl groups is 1. The zero-order valence-electron chi connectivity index (χ0n) is 1.93. The molecule has 0 saturated carbocycles. The van der Waals surface area contributed by atoms with E-state index >= 15 is 0 Å². The summed E-state index contributed by atoms with van der Waals surface area (Å²) in [5, 5.41) is 7.43. The van der Waals surface area contributed by atoms with Gasteiger partial charge in [-0.05, 0) is 0 Å². The molecular formula is CH4CoO2. The summed E-state index contributed by atoms with van der Waals surface area (Å²) >= 11 is 3.38. The monoisotopic (exact) mass is 107 g/mol. The van der Waals surface area contributed by atoms with Gasteiger partial charge in [-0.15, -0.1) is 0 Å². The van der Waals surface area contributed by atoms with Crippen molar-refractivity contribution in [3.63, 3.8) is 0 Å². The molecule has 0 aromatic rings. The van der Waals surface area contributed by atoms with Crippen molar-refractivity contribution >= 4 is 0 Å². The Labute approximate surface area is 32.7 Å². The van der Waals surface area contributed by atoms with Gasteiger partial charge in [0.15, 0.2) is 0 Å². The van der Waals surface area contributed by atoms with Crippen molar-refractivity contribution in [2.75, 3.05) is 5.54 Å². The first-order valence-corrected chi connectivity index (χ1v) is 1.29. The van der Waals surface area contributed by atoms with Crippen molar-refractivity contribution < 1.29 is 26.3 Å². The Morgan fingerprint density at radius 1 is 1.75 bits per heavy atom. The minimum Gasteiger partial charge on any atom is -0.870 e. The van der Waals surface area contributed by atoms with Crippen LogP contribution >= 0.6 is 0 Å². The minimum atomic E-state index is -0.0625. The molecular weight excluding hydrogens is 103 g/mol. The Bertz CT molecular complexity index is 6.00. The molecule has 0 bridgehead atoms. The molecule has 2 nitrogen and oxygen atoms in total. The molecule has 0 saturated heterocycles. The van der Waals surface area contributed by atoms with Crippen LogP contribution in [0.25, 0.3) is 0 Å². The molecule has 0 spiro atoms. The van der Waals surface area contributed by atoms with Crippen LogP contribution in [0.1, 0.15) is 0 Å². The summed E-state index contributed by atoms with van der Waals surface area (Å²) in [4.78, 5) is 0. The molecule has 4 heavy (non-hydrogen) atoms. The molecule has 0 heterocycles. The van der Waals surface area contributed by atoms with E-state index in [0.29, 0.717) is 0 Å². The third-order valence-electron chi connectivity index (χ3n) is 0. The van der Waals surface area contributed by atoms with Gasteiger partial charge in [0.2, 0.25) is 0 Å². The molecule has 0 aliphatic heterocycles. The molecule has 0 aromatic carbocycles. The van der Waals surface area contributed by atoms with Crippen LogP contribution in [0.3, 0.4) is 0 Å². The van der Waals surface area contributed by atoms with Crippen LogP contribution in [-0.2, 0) is 15.7 Å². The predicted molar refractivity (Wildman–Crippen MR) is 9.02 cm³/mol. The van der Waals surface area contributed by atoms with Gasteiger partial charge < -0.3 is 5.48 Å². The summed E-state index contributed by atoms with van der Waals surface area (Å²) < 4.78 is 0. The Morgan fingerprint density at radius 2 is 1.75 bits per heavy atom. The van der Waals surface area contributed by atoms with E-state index in [9.17, 15) is 0 Å². The Hall–Kier alpha value is 0.426. The van der Waals surface area contributed by atoms with E-state index in [2.05, 4.69) is 15.7 Å². The quantitative estimate of drug-likeness (QED) is 0.445. The molecule has 0 aliphatic carbocycles. The molecule has 0 fully saturated rings. The van der Waals surface area contributed by atoms with E-state index in [0.717, 1.165) is 0 Å². The van der Waals surface area contributed by atoms with E-state index in [-0.39, 0.29) is 11.0 Å². The Balaban J connectivity index is 0. The molecule has 0 radical (unpaired) electrons. The third kappa shape index (κ3) is 27.1. The predicted octanol–water partition coefficient (Wildman–Crippen LogP) is -0.694. The van der Waals surface area contributed by atoms with Crippen LogP contribution in [0.2, 0.25) is 0 Å². The molecule has 0 rings (SSSR count). The number of aliphatic hydroxyl groups excluding tert-OH is 1. The van der Waals surface area contributed by atoms with Crippen LogP contribution in [0.15, 0.2) is 0 Å². The second-order valence-corrected chi connectivity index (χ2v) is 0.435. The molecule has 0 aromatic heterocycles. The van der Waals surface area contributed by atoms with Crippen molar-refractivity contribution in [1.82, 2.24) is 0 Å². The molecule has 0 amide bonds. The van der Waals surface area contributed by atoms with E-state index < -0.39 is 0 Å². The fraction of sp³-hybridized carbons (Fsp3) is 1.00. The first-order chi connectivity index (χ1) is 1.41. The zero-order valence-corrected chi connectivity index (χ0v) is 2.98. The van der Waals surface area contributed by atoms with E-state index in [4.69, 9.17) is 5.11 Å². The second kappa shape index (κ2) is 9.91. The Kier molecular flexibility index (Phi) is 21.9. The van der Waals surface area contributed by atoms with Crippen molar-refractivity contribution in [3.05, 3.63) is 0 Å². The van der Waals surface area contributed by atoms with Gasteiger partial charge in [-0.3, -0.25) is 0 Å². The summed E-state index contributed by atoms with van der Waals surface area (Å²) in [5.41, 5.74) is -0.0625. The van der Waals surface area contributed by atoms with Crippen molar-refractivity contribution in [1.29, 1.82) is 0 Å². The second-order valence-electron chi connectivity index (χ2n) is 0.105. The van der Waals surface area contributed by atoms with E-state index in [1.54, 1.807) is 0 Å². The zero-order chi connectivity index (χ0) is 2.71. The topological polar surface area (TPSA) is 50.2 Å². The molecule has 0 aliphatic rings. The normalized spacial score (nSPS) is 4.50. The standard InChI is InChI=1S/CH3O.Co.H2O/c1-2;;/h2H,1H2;;1H2/q;+1;/p-1. The molecule has 2 N–H and O–H groups in total. The molecule has 29 valence electrons. The minimum absolute atomic E-state index is 0. The van der Waals surface area contributed by atoms with Crippen LogP contribution in [-0.4, -0.2) is 16.1 Å². The average Bonchev–Trinajstić information content (AvgIpc) is 0.918. The summed E-state index contributed by atoms with van der Waals surface area (Å²) in [6, 6.07) is 0. The van der Waals surface area contributed by atoms with Gasteiger partial charge in [-0.25, -0.2) is 0 Å². The van der Waals surface area contributed by atoms with Gasteiger partial charge in [-0.2, -0.15) is 0 Å². The number of hydrogen-bond donors (Lipinski definition) is 1. The SMILES string of the molecule is O[CH2][Co+].[OH-]. The summed E-state index contributed by atoms with van der Waals surface area (Å²) in [6.07, 6.45) is 0. The van der Waals surface area contributed by atoms with Crippen LogP contribution in [0.4, 0.5) is 0 Å². The first-order valence-electron chi connectivity index (χ1n) is 0.552. The third-order valence-corrected chi connectivity index (χ3v) is 0. The van der Waals surface area contributed by atoms with E-state index in [1.807, 2.05) is 0 Å². The number of hydrogen-bond acceptors (Lipinski definition) is 2. The fourth-order valence-corrected chi connectivity index (χ4v) is 0. The first kappa shape index (κ1) is 8.83. The van der Waals surface area contributed by atoms with Crippen LogP contribution in [0.5, 0.6) is 0 Å². The molecule has 0 unspecified atom stereocenters. The molecule has 3 heteroatoms. The van der Waals surface area contributed by atoms with Gasteiger partial charge in [0.05, 0.1) is 0 Å². The largest absolute Gasteiger partial charge is 0.870 e. The van der Waals surface area contributed by atoms with E-state index in [1.165, 1.54) is 0 Å². The van der Waals surface area contributed by atoms with Gasteiger partial charge in [-0.1, -0.05) is 0 Å². The van der Waals surface area contributed by atoms with Crippen molar-refractivity contribution in [2.24, 2.45) is 0 Å². The van der Waals surface area contributed by atoms with Gasteiger partial charge in [0.1, 0.15) is 0 Å². The fourth-order valence-electron chi connectivity index (χ4n) is 0. The van der Waals surface area contributed by atoms with Crippen molar-refractivity contribution in [3.8, 4) is 0 Å². The van der Waals surface area contributed by atoms with Gasteiger partial charge in [0, 0.05) is 0 Å². The summed E-state index contributed by atoms with van der Waals surface area (Å²) in [5.74, 6) is 0. The van der Waals surface area contributed by atoms with Gasteiger partial charge in [0.25, 0.3) is 0 Å². The number of rotatable bonds is 0. The summed E-state index contributed by atoms with van der Waals surface area (Å²) in [6.45, 7) is 0. The maximum absolute atomic E-state index is 7.43. The van der Waals surface area contributed by atoms with Crippen LogP contribution in [0, 0.1) is 0 Å². The molecule has 0 atom stereocenters.